The normalized spacial score (nSPS) is 12.7. The molecule has 1 atom stereocenters. The van der Waals surface area contributed by atoms with Gasteiger partial charge in [0.05, 0.1) is 5.38 Å². The van der Waals surface area contributed by atoms with Gasteiger partial charge in [-0.25, -0.2) is 0 Å². The Balaban J connectivity index is 2.23. The number of benzene rings is 2. The van der Waals surface area contributed by atoms with Gasteiger partial charge >= 0.3 is 0 Å². The molecule has 1 unspecified atom stereocenters. The molecule has 0 aliphatic carbocycles. The fourth-order valence-electron chi connectivity index (χ4n) is 1.87. The first-order valence-electron chi connectivity index (χ1n) is 6.07. The Morgan fingerprint density at radius 3 is 1.61 bits per heavy atom. The van der Waals surface area contributed by atoms with Gasteiger partial charge in [-0.05, 0) is 34.7 Å². The lowest BCUT2D eigenvalue weighted by molar-refractivity contribution is 0.865. The predicted octanol–water partition coefficient (Wildman–Crippen LogP) is 5.90. The summed E-state index contributed by atoms with van der Waals surface area (Å²) < 4.78 is 1.07. The molecule has 94 valence electrons. The van der Waals surface area contributed by atoms with Crippen molar-refractivity contribution in [2.24, 2.45) is 0 Å². The maximum Gasteiger partial charge on any atom is 0.0835 e. The highest BCUT2D eigenvalue weighted by Crippen LogP contribution is 2.30. The minimum atomic E-state index is -0.0840. The van der Waals surface area contributed by atoms with Gasteiger partial charge in [-0.15, -0.1) is 11.6 Å². The molecule has 18 heavy (non-hydrogen) atoms. The van der Waals surface area contributed by atoms with Gasteiger partial charge in [0.2, 0.25) is 0 Å². The van der Waals surface area contributed by atoms with E-state index in [9.17, 15) is 0 Å². The molecule has 0 spiro atoms. The lowest BCUT2D eigenvalue weighted by Crippen LogP contribution is -1.94. The molecular weight excluding hydrogens is 308 g/mol. The van der Waals surface area contributed by atoms with Crippen molar-refractivity contribution in [1.29, 1.82) is 0 Å². The third-order valence-corrected chi connectivity index (χ3v) is 4.09. The van der Waals surface area contributed by atoms with Gasteiger partial charge in [0.15, 0.2) is 0 Å². The van der Waals surface area contributed by atoms with E-state index in [-0.39, 0.29) is 5.38 Å². The van der Waals surface area contributed by atoms with Crippen molar-refractivity contribution in [2.45, 2.75) is 25.1 Å². The van der Waals surface area contributed by atoms with Crippen LogP contribution < -0.4 is 0 Å². The second-order valence-corrected chi connectivity index (χ2v) is 6.09. The summed E-state index contributed by atoms with van der Waals surface area (Å²) >= 11 is 9.93. The second kappa shape index (κ2) is 5.90. The zero-order chi connectivity index (χ0) is 13.1. The number of halogens is 2. The molecule has 0 saturated carbocycles. The molecule has 2 rings (SSSR count). The van der Waals surface area contributed by atoms with Gasteiger partial charge in [0.25, 0.3) is 0 Å². The third kappa shape index (κ3) is 3.15. The van der Waals surface area contributed by atoms with Crippen molar-refractivity contribution in [1.82, 2.24) is 0 Å². The Hall–Kier alpha value is -0.790. The van der Waals surface area contributed by atoms with Crippen LogP contribution in [0.1, 0.15) is 41.8 Å². The van der Waals surface area contributed by atoms with Gasteiger partial charge in [-0.3, -0.25) is 0 Å². The molecule has 0 aliphatic heterocycles. The van der Waals surface area contributed by atoms with Crippen LogP contribution >= 0.6 is 27.5 Å². The Morgan fingerprint density at radius 2 is 1.17 bits per heavy atom. The Morgan fingerprint density at radius 1 is 0.778 bits per heavy atom. The summed E-state index contributed by atoms with van der Waals surface area (Å²) in [6, 6.07) is 16.7. The average molecular weight is 324 g/mol. The summed E-state index contributed by atoms with van der Waals surface area (Å²) in [5.74, 6) is 0.556. The van der Waals surface area contributed by atoms with Crippen LogP contribution in [0.4, 0.5) is 0 Å². The van der Waals surface area contributed by atoms with E-state index in [1.807, 2.05) is 12.1 Å². The fraction of sp³-hybridized carbons (Fsp3) is 0.250. The number of hydrogen-bond donors (Lipinski definition) is 0. The smallest absolute Gasteiger partial charge is 0.0835 e. The van der Waals surface area contributed by atoms with E-state index in [4.69, 9.17) is 11.6 Å². The fourth-order valence-corrected chi connectivity index (χ4v) is 2.43. The zero-order valence-electron chi connectivity index (χ0n) is 10.5. The van der Waals surface area contributed by atoms with E-state index < -0.39 is 0 Å². The van der Waals surface area contributed by atoms with Gasteiger partial charge in [0.1, 0.15) is 0 Å². The van der Waals surface area contributed by atoms with Gasteiger partial charge in [0, 0.05) is 4.47 Å². The highest BCUT2D eigenvalue weighted by Gasteiger charge is 2.10. The first kappa shape index (κ1) is 13.6. The summed E-state index contributed by atoms with van der Waals surface area (Å²) in [5.41, 5.74) is 3.61. The van der Waals surface area contributed by atoms with E-state index in [0.29, 0.717) is 5.92 Å². The van der Waals surface area contributed by atoms with Crippen LogP contribution in [0.15, 0.2) is 53.0 Å². The topological polar surface area (TPSA) is 0 Å². The molecule has 2 heteroatoms. The SMILES string of the molecule is CC(C)c1ccc(C(Cl)c2ccc(Br)cc2)cc1. The minimum absolute atomic E-state index is 0.0840. The van der Waals surface area contributed by atoms with Crippen LogP contribution in [0.5, 0.6) is 0 Å². The third-order valence-electron chi connectivity index (χ3n) is 3.06. The molecule has 0 bridgehead atoms. The molecule has 0 saturated heterocycles. The zero-order valence-corrected chi connectivity index (χ0v) is 12.9. The summed E-state index contributed by atoms with van der Waals surface area (Å²) in [5, 5.41) is -0.0840. The van der Waals surface area contributed by atoms with E-state index in [1.54, 1.807) is 0 Å². The molecule has 0 amide bonds. The molecule has 0 heterocycles. The van der Waals surface area contributed by atoms with E-state index in [1.165, 1.54) is 5.56 Å². The van der Waals surface area contributed by atoms with Crippen molar-refractivity contribution >= 4 is 27.5 Å². The quantitative estimate of drug-likeness (QED) is 0.617. The van der Waals surface area contributed by atoms with Crippen molar-refractivity contribution in [3.63, 3.8) is 0 Å². The summed E-state index contributed by atoms with van der Waals surface area (Å²) in [6.07, 6.45) is 0. The maximum atomic E-state index is 6.50. The van der Waals surface area contributed by atoms with Crippen LogP contribution in [-0.2, 0) is 0 Å². The summed E-state index contributed by atoms with van der Waals surface area (Å²) in [6.45, 7) is 4.39. The first-order valence-corrected chi connectivity index (χ1v) is 7.30. The van der Waals surface area contributed by atoms with E-state index >= 15 is 0 Å². The second-order valence-electron chi connectivity index (χ2n) is 4.74. The summed E-state index contributed by atoms with van der Waals surface area (Å²) in [7, 11) is 0. The number of alkyl halides is 1. The van der Waals surface area contributed by atoms with Gasteiger partial charge in [-0.1, -0.05) is 66.2 Å². The van der Waals surface area contributed by atoms with Crippen LogP contribution in [0, 0.1) is 0 Å². The molecule has 0 aromatic heterocycles. The lowest BCUT2D eigenvalue weighted by Gasteiger charge is -2.12. The molecule has 0 nitrogen and oxygen atoms in total. The molecule has 0 aliphatic rings. The highest BCUT2D eigenvalue weighted by molar-refractivity contribution is 9.10. The lowest BCUT2D eigenvalue weighted by atomic mass is 9.98. The van der Waals surface area contributed by atoms with Crippen LogP contribution in [0.3, 0.4) is 0 Å². The molecule has 2 aromatic rings. The Kier molecular flexibility index (Phi) is 4.47. The molecular formula is C16H16BrCl. The van der Waals surface area contributed by atoms with Crippen molar-refractivity contribution in [2.75, 3.05) is 0 Å². The highest BCUT2D eigenvalue weighted by atomic mass is 79.9. The monoisotopic (exact) mass is 322 g/mol. The average Bonchev–Trinajstić information content (AvgIpc) is 2.39. The van der Waals surface area contributed by atoms with E-state index in [0.717, 1.165) is 15.6 Å². The van der Waals surface area contributed by atoms with Gasteiger partial charge in [-0.2, -0.15) is 0 Å². The van der Waals surface area contributed by atoms with Gasteiger partial charge < -0.3 is 0 Å². The Bertz CT molecular complexity index is 500. The van der Waals surface area contributed by atoms with Crippen molar-refractivity contribution < 1.29 is 0 Å². The minimum Gasteiger partial charge on any atom is -0.113 e. The van der Waals surface area contributed by atoms with Crippen LogP contribution in [-0.4, -0.2) is 0 Å². The molecule has 0 radical (unpaired) electrons. The molecule has 2 aromatic carbocycles. The number of rotatable bonds is 3. The van der Waals surface area contributed by atoms with Crippen LogP contribution in [0.2, 0.25) is 0 Å². The van der Waals surface area contributed by atoms with Crippen molar-refractivity contribution in [3.8, 4) is 0 Å². The predicted molar refractivity (Wildman–Crippen MR) is 82.4 cm³/mol. The van der Waals surface area contributed by atoms with Crippen molar-refractivity contribution in [3.05, 3.63) is 69.7 Å². The van der Waals surface area contributed by atoms with E-state index in [2.05, 4.69) is 66.2 Å². The molecule has 0 N–H and O–H groups in total. The summed E-state index contributed by atoms with van der Waals surface area (Å²) in [4.78, 5) is 0. The number of hydrogen-bond acceptors (Lipinski definition) is 0. The first-order chi connectivity index (χ1) is 8.58. The Labute approximate surface area is 122 Å². The van der Waals surface area contributed by atoms with Crippen LogP contribution in [0.25, 0.3) is 0 Å². The largest absolute Gasteiger partial charge is 0.113 e. The maximum absolute atomic E-state index is 6.50. The standard InChI is InChI=1S/C16H16BrCl/c1-11(2)12-3-5-13(6-4-12)16(18)14-7-9-15(17)10-8-14/h3-11,16H,1-2H3. The molecule has 0 fully saturated rings.